The molecule has 8 heteroatoms. The van der Waals surface area contributed by atoms with Crippen molar-refractivity contribution in [3.8, 4) is 5.75 Å². The van der Waals surface area contributed by atoms with Crippen LogP contribution < -0.4 is 9.46 Å². The van der Waals surface area contributed by atoms with Crippen molar-refractivity contribution in [2.24, 2.45) is 0 Å². The van der Waals surface area contributed by atoms with Gasteiger partial charge in [0.05, 0.1) is 10.5 Å². The van der Waals surface area contributed by atoms with E-state index in [1.54, 1.807) is 48.5 Å². The summed E-state index contributed by atoms with van der Waals surface area (Å²) in [6.45, 7) is 1.84. The topological polar surface area (TPSA) is 81.7 Å². The molecule has 1 aliphatic heterocycles. The number of sulfonamides is 1. The Morgan fingerprint density at radius 1 is 1.06 bits per heavy atom. The van der Waals surface area contributed by atoms with Crippen LogP contribution in [0.4, 0.5) is 5.69 Å². The van der Waals surface area contributed by atoms with Gasteiger partial charge in [0.25, 0.3) is 10.0 Å². The van der Waals surface area contributed by atoms with E-state index in [-0.39, 0.29) is 11.5 Å². The normalized spacial score (nSPS) is 17.2. The number of fused-ring (bicyclic) bond motifs is 1. The van der Waals surface area contributed by atoms with E-state index < -0.39 is 21.6 Å². The SMILES string of the molecule is CC1(COC(=O)c2ccccc2)C=Cc2cc(NS(=O)(=O)c3ccc(Cl)cc3)ccc2O1. The van der Waals surface area contributed by atoms with Gasteiger partial charge in [0.2, 0.25) is 0 Å². The molecule has 0 bridgehead atoms. The van der Waals surface area contributed by atoms with E-state index in [2.05, 4.69) is 4.72 Å². The molecule has 3 aromatic carbocycles. The molecule has 0 aromatic heterocycles. The summed E-state index contributed by atoms with van der Waals surface area (Å²) in [6.07, 6.45) is 3.60. The number of ether oxygens (including phenoxy) is 2. The van der Waals surface area contributed by atoms with E-state index in [1.165, 1.54) is 24.3 Å². The van der Waals surface area contributed by atoms with Crippen molar-refractivity contribution in [3.63, 3.8) is 0 Å². The minimum absolute atomic E-state index is 0.0294. The van der Waals surface area contributed by atoms with E-state index in [0.717, 1.165) is 0 Å². The largest absolute Gasteiger partial charge is 0.479 e. The van der Waals surface area contributed by atoms with Gasteiger partial charge in [0.1, 0.15) is 12.4 Å². The Balaban J connectivity index is 1.45. The van der Waals surface area contributed by atoms with Crippen molar-refractivity contribution in [3.05, 3.63) is 95.0 Å². The van der Waals surface area contributed by atoms with E-state index in [1.807, 2.05) is 19.1 Å². The van der Waals surface area contributed by atoms with Gasteiger partial charge in [0, 0.05) is 16.3 Å². The number of esters is 1. The fraction of sp³-hybridized carbons (Fsp3) is 0.125. The monoisotopic (exact) mass is 469 g/mol. The fourth-order valence-electron chi connectivity index (χ4n) is 3.16. The average Bonchev–Trinajstić information content (AvgIpc) is 2.78. The van der Waals surface area contributed by atoms with Gasteiger partial charge in [0.15, 0.2) is 5.60 Å². The Kier molecular flexibility index (Phi) is 5.95. The maximum Gasteiger partial charge on any atom is 0.338 e. The fourth-order valence-corrected chi connectivity index (χ4v) is 4.33. The van der Waals surface area contributed by atoms with Crippen molar-refractivity contribution < 1.29 is 22.7 Å². The molecule has 0 radical (unpaired) electrons. The lowest BCUT2D eigenvalue weighted by atomic mass is 10.0. The standard InChI is InChI=1S/C24H20ClNO5S/c1-24(16-30-23(27)17-5-3-2-4-6-17)14-13-18-15-20(9-12-22(18)31-24)26-32(28,29)21-10-7-19(25)8-11-21/h2-15,26H,16H2,1H3. The third-order valence-corrected chi connectivity index (χ3v) is 6.49. The Hall–Kier alpha value is -3.29. The van der Waals surface area contributed by atoms with Crippen LogP contribution in [0.3, 0.4) is 0 Å². The lowest BCUT2D eigenvalue weighted by Crippen LogP contribution is -2.38. The number of halogens is 1. The molecule has 0 spiro atoms. The molecule has 3 aromatic rings. The molecule has 1 heterocycles. The average molecular weight is 470 g/mol. The summed E-state index contributed by atoms with van der Waals surface area (Å²) in [6, 6.07) is 19.6. The van der Waals surface area contributed by atoms with E-state index >= 15 is 0 Å². The number of rotatable bonds is 6. The first-order chi connectivity index (χ1) is 15.2. The zero-order valence-corrected chi connectivity index (χ0v) is 18.7. The molecule has 6 nitrogen and oxygen atoms in total. The highest BCUT2D eigenvalue weighted by molar-refractivity contribution is 7.92. The predicted molar refractivity (Wildman–Crippen MR) is 123 cm³/mol. The van der Waals surface area contributed by atoms with Crippen molar-refractivity contribution in [1.82, 2.24) is 0 Å². The number of carbonyl (C=O) groups excluding carboxylic acids is 1. The second-order valence-electron chi connectivity index (χ2n) is 7.50. The van der Waals surface area contributed by atoms with E-state index in [4.69, 9.17) is 21.1 Å². The summed E-state index contributed by atoms with van der Waals surface area (Å²) in [7, 11) is -3.76. The molecule has 164 valence electrons. The number of hydrogen-bond donors (Lipinski definition) is 1. The molecule has 0 saturated heterocycles. The molecule has 0 fully saturated rings. The summed E-state index contributed by atoms with van der Waals surface area (Å²) < 4.78 is 39.2. The number of anilines is 1. The van der Waals surface area contributed by atoms with Gasteiger partial charge in [-0.2, -0.15) is 0 Å². The van der Waals surface area contributed by atoms with Crippen molar-refractivity contribution in [2.45, 2.75) is 17.4 Å². The van der Waals surface area contributed by atoms with E-state index in [9.17, 15) is 13.2 Å². The van der Waals surface area contributed by atoms with Crippen LogP contribution in [0.2, 0.25) is 5.02 Å². The van der Waals surface area contributed by atoms with Crippen molar-refractivity contribution >= 4 is 39.4 Å². The molecule has 1 N–H and O–H groups in total. The van der Waals surface area contributed by atoms with Crippen LogP contribution in [0.1, 0.15) is 22.8 Å². The van der Waals surface area contributed by atoms with E-state index in [0.29, 0.717) is 27.6 Å². The number of benzene rings is 3. The highest BCUT2D eigenvalue weighted by atomic mass is 35.5. The first kappa shape index (κ1) is 21.9. The number of hydrogen-bond acceptors (Lipinski definition) is 5. The molecule has 32 heavy (non-hydrogen) atoms. The van der Waals surface area contributed by atoms with Gasteiger partial charge in [-0.25, -0.2) is 13.2 Å². The lowest BCUT2D eigenvalue weighted by molar-refractivity contribution is 0.0140. The predicted octanol–water partition coefficient (Wildman–Crippen LogP) is 5.16. The summed E-state index contributed by atoms with van der Waals surface area (Å²) in [5.74, 6) is 0.127. The summed E-state index contributed by atoms with van der Waals surface area (Å²) in [4.78, 5) is 12.3. The molecule has 0 saturated carbocycles. The van der Waals surface area contributed by atoms with Gasteiger partial charge in [-0.1, -0.05) is 35.9 Å². The van der Waals surface area contributed by atoms with Gasteiger partial charge in [-0.05, 0) is 67.6 Å². The molecule has 1 aliphatic rings. The van der Waals surface area contributed by atoms with Crippen LogP contribution >= 0.6 is 11.6 Å². The first-order valence-corrected chi connectivity index (χ1v) is 11.6. The molecule has 1 atom stereocenters. The zero-order valence-electron chi connectivity index (χ0n) is 17.1. The first-order valence-electron chi connectivity index (χ1n) is 9.77. The minimum atomic E-state index is -3.76. The second kappa shape index (κ2) is 8.68. The van der Waals surface area contributed by atoms with Gasteiger partial charge < -0.3 is 9.47 Å². The molecule has 0 aliphatic carbocycles. The van der Waals surface area contributed by atoms with Gasteiger partial charge >= 0.3 is 5.97 Å². The highest BCUT2D eigenvalue weighted by Gasteiger charge is 2.30. The maximum atomic E-state index is 12.6. The Morgan fingerprint density at radius 3 is 2.50 bits per heavy atom. The molecule has 1 unspecified atom stereocenters. The van der Waals surface area contributed by atoms with Crippen LogP contribution in [-0.2, 0) is 14.8 Å². The summed E-state index contributed by atoms with van der Waals surface area (Å²) in [5.41, 5.74) is 0.718. The minimum Gasteiger partial charge on any atom is -0.479 e. The second-order valence-corrected chi connectivity index (χ2v) is 9.62. The van der Waals surface area contributed by atoms with Crippen LogP contribution in [0.15, 0.2) is 83.8 Å². The Labute approximate surface area is 191 Å². The van der Waals surface area contributed by atoms with Crippen LogP contribution in [-0.4, -0.2) is 26.6 Å². The Bertz CT molecular complexity index is 1270. The smallest absolute Gasteiger partial charge is 0.338 e. The van der Waals surface area contributed by atoms with Crippen molar-refractivity contribution in [2.75, 3.05) is 11.3 Å². The van der Waals surface area contributed by atoms with Gasteiger partial charge in [-0.3, -0.25) is 4.72 Å². The maximum absolute atomic E-state index is 12.6. The number of nitrogens with one attached hydrogen (secondary N) is 1. The van der Waals surface area contributed by atoms with Crippen LogP contribution in [0, 0.1) is 0 Å². The number of carbonyl (C=O) groups is 1. The van der Waals surface area contributed by atoms with Crippen LogP contribution in [0.5, 0.6) is 5.75 Å². The summed E-state index contributed by atoms with van der Waals surface area (Å²) in [5, 5.41) is 0.456. The molecule has 0 amide bonds. The third-order valence-electron chi connectivity index (χ3n) is 4.84. The highest BCUT2D eigenvalue weighted by Crippen LogP contribution is 2.34. The molecule has 4 rings (SSSR count). The third kappa shape index (κ3) is 4.95. The molecular weight excluding hydrogens is 450 g/mol. The lowest BCUT2D eigenvalue weighted by Gasteiger charge is -2.31. The Morgan fingerprint density at radius 2 is 1.78 bits per heavy atom. The van der Waals surface area contributed by atoms with Crippen molar-refractivity contribution in [1.29, 1.82) is 0 Å². The van der Waals surface area contributed by atoms with Gasteiger partial charge in [-0.15, -0.1) is 0 Å². The van der Waals surface area contributed by atoms with Crippen LogP contribution in [0.25, 0.3) is 6.08 Å². The summed E-state index contributed by atoms with van der Waals surface area (Å²) >= 11 is 5.83. The quantitative estimate of drug-likeness (QED) is 0.504. The zero-order chi connectivity index (χ0) is 22.8. The molecular formula is C24H20ClNO5S.